The van der Waals surface area contributed by atoms with Crippen molar-refractivity contribution in [2.75, 3.05) is 24.5 Å². The van der Waals surface area contributed by atoms with Gasteiger partial charge in [0, 0.05) is 50.8 Å². The Morgan fingerprint density at radius 1 is 1.14 bits per heavy atom. The lowest BCUT2D eigenvalue weighted by Crippen LogP contribution is -2.53. The van der Waals surface area contributed by atoms with Gasteiger partial charge in [0.2, 0.25) is 0 Å². The van der Waals surface area contributed by atoms with E-state index in [1.165, 1.54) is 12.1 Å². The van der Waals surface area contributed by atoms with E-state index in [0.717, 1.165) is 23.5 Å². The summed E-state index contributed by atoms with van der Waals surface area (Å²) in [7, 11) is 1.86. The van der Waals surface area contributed by atoms with Gasteiger partial charge in [0.1, 0.15) is 11.2 Å². The first-order valence-corrected chi connectivity index (χ1v) is 8.97. The summed E-state index contributed by atoms with van der Waals surface area (Å²) in [4.78, 5) is 16.8. The lowest BCUT2D eigenvalue weighted by molar-refractivity contribution is -0.137. The van der Waals surface area contributed by atoms with Crippen LogP contribution in [0.3, 0.4) is 0 Å². The second-order valence-electron chi connectivity index (χ2n) is 7.07. The summed E-state index contributed by atoms with van der Waals surface area (Å²) in [5.74, 6) is -0.0873. The Morgan fingerprint density at radius 3 is 2.50 bits per heavy atom. The van der Waals surface area contributed by atoms with Crippen LogP contribution in [0.4, 0.5) is 18.9 Å². The molecule has 1 unspecified atom stereocenters. The first kappa shape index (κ1) is 18.4. The van der Waals surface area contributed by atoms with Gasteiger partial charge < -0.3 is 14.4 Å². The van der Waals surface area contributed by atoms with Crippen molar-refractivity contribution in [1.29, 1.82) is 0 Å². The van der Waals surface area contributed by atoms with Gasteiger partial charge in [-0.3, -0.25) is 4.79 Å². The van der Waals surface area contributed by atoms with Crippen LogP contribution in [-0.2, 0) is 13.2 Å². The van der Waals surface area contributed by atoms with Crippen LogP contribution < -0.4 is 4.90 Å². The number of imidazole rings is 1. The van der Waals surface area contributed by atoms with Gasteiger partial charge in [-0.2, -0.15) is 18.3 Å². The van der Waals surface area contributed by atoms with E-state index >= 15 is 0 Å². The normalized spacial score (nSPS) is 18.1. The number of alkyl halides is 3. The zero-order valence-electron chi connectivity index (χ0n) is 15.5. The molecule has 0 aliphatic carbocycles. The van der Waals surface area contributed by atoms with Crippen molar-refractivity contribution in [3.8, 4) is 0 Å². The summed E-state index contributed by atoms with van der Waals surface area (Å²) in [5, 5.41) is 4.21. The highest BCUT2D eigenvalue weighted by Gasteiger charge is 2.32. The second kappa shape index (κ2) is 6.57. The van der Waals surface area contributed by atoms with E-state index in [9.17, 15) is 18.0 Å². The lowest BCUT2D eigenvalue weighted by atomic mass is 10.1. The van der Waals surface area contributed by atoms with Crippen LogP contribution >= 0.6 is 0 Å². The van der Waals surface area contributed by atoms with Crippen LogP contribution in [0.2, 0.25) is 0 Å². The number of amides is 1. The highest BCUT2D eigenvalue weighted by atomic mass is 19.4. The number of anilines is 1. The smallest absolute Gasteiger partial charge is 0.365 e. The fourth-order valence-corrected chi connectivity index (χ4v) is 3.74. The van der Waals surface area contributed by atoms with Crippen LogP contribution in [0.1, 0.15) is 22.8 Å². The summed E-state index contributed by atoms with van der Waals surface area (Å²) in [6, 6.07) is 5.15. The number of aromatic nitrogens is 3. The maximum atomic E-state index is 13.0. The van der Waals surface area contributed by atoms with E-state index in [1.54, 1.807) is 21.8 Å². The monoisotopic (exact) mass is 391 g/mol. The van der Waals surface area contributed by atoms with Crippen molar-refractivity contribution in [3.63, 3.8) is 0 Å². The Balaban J connectivity index is 1.49. The fraction of sp³-hybridized carbons (Fsp3) is 0.368. The Morgan fingerprint density at radius 2 is 1.86 bits per heavy atom. The van der Waals surface area contributed by atoms with Gasteiger partial charge in [-0.1, -0.05) is 0 Å². The average Bonchev–Trinajstić information content (AvgIpc) is 3.24. The van der Waals surface area contributed by atoms with E-state index in [-0.39, 0.29) is 11.9 Å². The summed E-state index contributed by atoms with van der Waals surface area (Å²) >= 11 is 0. The minimum absolute atomic E-state index is 0.0195. The molecule has 1 aromatic carbocycles. The zero-order valence-corrected chi connectivity index (χ0v) is 15.5. The number of carbonyl (C=O) groups is 1. The molecule has 1 amide bonds. The molecule has 2 aromatic heterocycles. The minimum atomic E-state index is -4.34. The van der Waals surface area contributed by atoms with Crippen molar-refractivity contribution in [1.82, 2.24) is 19.1 Å². The van der Waals surface area contributed by atoms with Gasteiger partial charge in [-0.25, -0.2) is 4.52 Å². The fourth-order valence-electron chi connectivity index (χ4n) is 3.74. The molecular weight excluding hydrogens is 371 g/mol. The number of aryl methyl sites for hydroxylation is 1. The molecule has 28 heavy (non-hydrogen) atoms. The van der Waals surface area contributed by atoms with Crippen LogP contribution in [-0.4, -0.2) is 50.7 Å². The summed E-state index contributed by atoms with van der Waals surface area (Å²) in [6.45, 7) is 3.50. The number of piperazine rings is 1. The largest absolute Gasteiger partial charge is 0.416 e. The van der Waals surface area contributed by atoms with Crippen LogP contribution in [0.5, 0.6) is 0 Å². The molecule has 3 aromatic rings. The molecule has 1 aliphatic heterocycles. The number of hydrogen-bond acceptors (Lipinski definition) is 3. The van der Waals surface area contributed by atoms with Gasteiger partial charge >= 0.3 is 6.18 Å². The molecule has 4 rings (SSSR count). The molecule has 1 fully saturated rings. The number of fused-ring (bicyclic) bond motifs is 1. The molecule has 0 saturated carbocycles. The maximum Gasteiger partial charge on any atom is 0.416 e. The summed E-state index contributed by atoms with van der Waals surface area (Å²) < 4.78 is 41.8. The molecule has 1 atom stereocenters. The Hall–Kier alpha value is -2.97. The molecule has 1 saturated heterocycles. The molecule has 0 spiro atoms. The van der Waals surface area contributed by atoms with Crippen molar-refractivity contribution < 1.29 is 18.0 Å². The number of halogens is 3. The lowest BCUT2D eigenvalue weighted by Gasteiger charge is -2.41. The molecule has 9 heteroatoms. The zero-order chi connectivity index (χ0) is 20.1. The third-order valence-electron chi connectivity index (χ3n) is 5.21. The molecular formula is C19H20F3N5O. The molecule has 3 heterocycles. The molecule has 148 valence electrons. The Bertz CT molecular complexity index is 1000. The number of benzene rings is 1. The highest BCUT2D eigenvalue weighted by Crippen LogP contribution is 2.31. The van der Waals surface area contributed by atoms with E-state index in [0.29, 0.717) is 25.2 Å². The van der Waals surface area contributed by atoms with Crippen molar-refractivity contribution in [2.45, 2.75) is 19.1 Å². The third-order valence-corrected chi connectivity index (χ3v) is 5.21. The third kappa shape index (κ3) is 3.10. The number of rotatable bonds is 2. The van der Waals surface area contributed by atoms with Gasteiger partial charge in [-0.15, -0.1) is 0 Å². The van der Waals surface area contributed by atoms with Gasteiger partial charge in [-0.05, 0) is 31.2 Å². The van der Waals surface area contributed by atoms with Crippen molar-refractivity contribution in [2.24, 2.45) is 7.05 Å². The summed E-state index contributed by atoms with van der Waals surface area (Å²) in [5.41, 5.74) is 1.35. The average molecular weight is 391 g/mol. The molecule has 0 bridgehead atoms. The molecule has 1 aliphatic rings. The van der Waals surface area contributed by atoms with E-state index < -0.39 is 11.7 Å². The van der Waals surface area contributed by atoms with Gasteiger partial charge in [0.15, 0.2) is 0 Å². The Labute approximate surface area is 159 Å². The number of hydrogen-bond donors (Lipinski definition) is 0. The number of carbonyl (C=O) groups excluding carboxylic acids is 1. The molecule has 6 nitrogen and oxygen atoms in total. The first-order chi connectivity index (χ1) is 13.3. The van der Waals surface area contributed by atoms with Crippen LogP contribution in [0.15, 0.2) is 42.9 Å². The predicted molar refractivity (Wildman–Crippen MR) is 98.3 cm³/mol. The van der Waals surface area contributed by atoms with E-state index in [4.69, 9.17) is 0 Å². The summed E-state index contributed by atoms with van der Waals surface area (Å²) in [6.07, 6.45) is 0.856. The predicted octanol–water partition coefficient (Wildman–Crippen LogP) is 3.04. The topological polar surface area (TPSA) is 45.8 Å². The van der Waals surface area contributed by atoms with E-state index in [1.807, 2.05) is 29.6 Å². The van der Waals surface area contributed by atoms with Crippen molar-refractivity contribution in [3.05, 3.63) is 54.0 Å². The van der Waals surface area contributed by atoms with Crippen LogP contribution in [0, 0.1) is 0 Å². The van der Waals surface area contributed by atoms with Crippen LogP contribution in [0.25, 0.3) is 5.65 Å². The maximum absolute atomic E-state index is 13.0. The molecule has 0 N–H and O–H groups in total. The standard InChI is InChI=1S/C19H20F3N5O/c1-13-12-25(18(28)16-11-23-27-10-7-24(2)17(16)27)8-9-26(13)15-5-3-14(4-6-15)19(20,21)22/h3-7,10-11,13H,8-9,12H2,1-2H3. The quantitative estimate of drug-likeness (QED) is 0.675. The second-order valence-corrected chi connectivity index (χ2v) is 7.07. The van der Waals surface area contributed by atoms with Gasteiger partial charge in [0.25, 0.3) is 5.91 Å². The molecule has 0 radical (unpaired) electrons. The van der Waals surface area contributed by atoms with Crippen molar-refractivity contribution >= 4 is 17.2 Å². The van der Waals surface area contributed by atoms with E-state index in [2.05, 4.69) is 5.10 Å². The highest BCUT2D eigenvalue weighted by molar-refractivity contribution is 6.00. The Kier molecular flexibility index (Phi) is 4.32. The first-order valence-electron chi connectivity index (χ1n) is 8.97. The van der Waals surface area contributed by atoms with Gasteiger partial charge in [0.05, 0.1) is 11.8 Å². The minimum Gasteiger partial charge on any atom is -0.365 e. The number of nitrogens with zero attached hydrogens (tertiary/aromatic N) is 5. The SMILES string of the molecule is CC1CN(C(=O)c2cnn3ccn(C)c23)CCN1c1ccc(C(F)(F)F)cc1.